The second-order valence-corrected chi connectivity index (χ2v) is 7.32. The van der Waals surface area contributed by atoms with Crippen molar-refractivity contribution in [2.75, 3.05) is 11.6 Å². The van der Waals surface area contributed by atoms with Gasteiger partial charge in [0.2, 0.25) is 5.91 Å². The summed E-state index contributed by atoms with van der Waals surface area (Å²) in [5, 5.41) is 17.8. The number of nitrogens with two attached hydrogens (primary N) is 1. The van der Waals surface area contributed by atoms with Crippen LogP contribution < -0.4 is 11.1 Å². The monoisotopic (exact) mass is 303 g/mol. The average Bonchev–Trinajstić information content (AvgIpc) is 2.68. The van der Waals surface area contributed by atoms with E-state index in [1.54, 1.807) is 0 Å². The summed E-state index contributed by atoms with van der Waals surface area (Å²) in [6, 6.07) is 0. The quantitative estimate of drug-likeness (QED) is 0.290. The van der Waals surface area contributed by atoms with Gasteiger partial charge in [-0.1, -0.05) is 5.16 Å². The van der Waals surface area contributed by atoms with Gasteiger partial charge in [-0.25, -0.2) is 8.42 Å². The molecule has 0 fully saturated rings. The third-order valence-electron chi connectivity index (χ3n) is 3.03. The first-order valence-electron chi connectivity index (χ1n) is 5.53. The molecule has 0 radical (unpaired) electrons. The molecular weight excluding hydrogens is 286 g/mol. The lowest BCUT2D eigenvalue weighted by atomic mass is 10.2. The molecule has 9 nitrogen and oxygen atoms in total. The van der Waals surface area contributed by atoms with Crippen molar-refractivity contribution < 1.29 is 18.4 Å². The van der Waals surface area contributed by atoms with Crippen LogP contribution in [0.1, 0.15) is 19.4 Å². The van der Waals surface area contributed by atoms with Gasteiger partial charge in [-0.2, -0.15) is 5.10 Å². The predicted octanol–water partition coefficient (Wildman–Crippen LogP) is -0.724. The molecule has 0 aliphatic carbocycles. The molecule has 1 amide bonds. The van der Waals surface area contributed by atoms with E-state index in [1.807, 2.05) is 0 Å². The highest BCUT2D eigenvalue weighted by Gasteiger charge is 2.39. The van der Waals surface area contributed by atoms with Crippen molar-refractivity contribution in [2.45, 2.75) is 18.6 Å². The molecule has 0 aliphatic heterocycles. The normalized spacial score (nSPS) is 13.3. The molecule has 0 aromatic carbocycles. The molecular formula is C10H17N5O4S. The van der Waals surface area contributed by atoms with Crippen LogP contribution in [0.25, 0.3) is 0 Å². The lowest BCUT2D eigenvalue weighted by molar-refractivity contribution is -0.117. The first kappa shape index (κ1) is 16.0. The van der Waals surface area contributed by atoms with Gasteiger partial charge in [-0.15, -0.1) is 0 Å². The highest BCUT2D eigenvalue weighted by molar-refractivity contribution is 7.92. The van der Waals surface area contributed by atoms with Crippen molar-refractivity contribution in [1.29, 1.82) is 0 Å². The number of amides is 1. The van der Waals surface area contributed by atoms with Crippen molar-refractivity contribution in [3.05, 3.63) is 11.8 Å². The standard InChI is InChI=1S/C10H17N5O4S/c1-10(2,20(4,18)19)9(16)13-8-6(7(11)14-17)5-12-15(8)3/h5,17H,1-4H3,(H2,11,14)(H,13,16). The van der Waals surface area contributed by atoms with E-state index in [0.717, 1.165) is 6.26 Å². The predicted molar refractivity (Wildman–Crippen MR) is 73.3 cm³/mol. The van der Waals surface area contributed by atoms with Gasteiger partial charge >= 0.3 is 0 Å². The SMILES string of the molecule is Cn1ncc(C(N)=NO)c1NC(=O)C(C)(C)S(C)(=O)=O. The van der Waals surface area contributed by atoms with E-state index in [9.17, 15) is 13.2 Å². The third kappa shape index (κ3) is 2.74. The minimum Gasteiger partial charge on any atom is -0.409 e. The Morgan fingerprint density at radius 3 is 2.55 bits per heavy atom. The van der Waals surface area contributed by atoms with Crippen LogP contribution in [0, 0.1) is 0 Å². The topological polar surface area (TPSA) is 140 Å². The minimum absolute atomic E-state index is 0.141. The van der Waals surface area contributed by atoms with Gasteiger partial charge in [0, 0.05) is 13.3 Å². The number of nitrogens with one attached hydrogen (secondary N) is 1. The summed E-state index contributed by atoms with van der Waals surface area (Å²) in [7, 11) is -2.08. The summed E-state index contributed by atoms with van der Waals surface area (Å²) in [5.41, 5.74) is 5.64. The van der Waals surface area contributed by atoms with Crippen molar-refractivity contribution >= 4 is 27.4 Å². The molecule has 20 heavy (non-hydrogen) atoms. The van der Waals surface area contributed by atoms with Crippen molar-refractivity contribution in [2.24, 2.45) is 17.9 Å². The average molecular weight is 303 g/mol. The zero-order chi connectivity index (χ0) is 15.7. The first-order valence-corrected chi connectivity index (χ1v) is 7.42. The van der Waals surface area contributed by atoms with Crippen LogP contribution in [0.4, 0.5) is 5.82 Å². The molecule has 0 unspecified atom stereocenters. The van der Waals surface area contributed by atoms with Gasteiger partial charge < -0.3 is 16.3 Å². The number of oxime groups is 1. The highest BCUT2D eigenvalue weighted by atomic mass is 32.2. The van der Waals surface area contributed by atoms with Crippen molar-refractivity contribution in [1.82, 2.24) is 9.78 Å². The molecule has 0 spiro atoms. The molecule has 112 valence electrons. The summed E-state index contributed by atoms with van der Waals surface area (Å²) in [6.07, 6.45) is 2.26. The second kappa shape index (κ2) is 5.12. The second-order valence-electron chi connectivity index (χ2n) is 4.75. The van der Waals surface area contributed by atoms with Crippen molar-refractivity contribution in [3.63, 3.8) is 0 Å². The van der Waals surface area contributed by atoms with E-state index >= 15 is 0 Å². The molecule has 4 N–H and O–H groups in total. The lowest BCUT2D eigenvalue weighted by Crippen LogP contribution is -2.44. The Kier molecular flexibility index (Phi) is 4.08. The molecule has 1 aromatic rings. The Morgan fingerprint density at radius 1 is 1.55 bits per heavy atom. The van der Waals surface area contributed by atoms with Crippen LogP contribution in [-0.4, -0.2) is 46.2 Å². The number of rotatable bonds is 4. The summed E-state index contributed by atoms with van der Waals surface area (Å²) in [5.74, 6) is -0.844. The van der Waals surface area contributed by atoms with E-state index in [4.69, 9.17) is 10.9 Å². The molecule has 0 bridgehead atoms. The lowest BCUT2D eigenvalue weighted by Gasteiger charge is -2.21. The number of hydrogen-bond donors (Lipinski definition) is 3. The fourth-order valence-corrected chi connectivity index (χ4v) is 1.64. The Balaban J connectivity index is 3.19. The zero-order valence-electron chi connectivity index (χ0n) is 11.6. The Hall–Kier alpha value is -2.10. The summed E-state index contributed by atoms with van der Waals surface area (Å²) in [4.78, 5) is 12.1. The van der Waals surface area contributed by atoms with E-state index in [1.165, 1.54) is 31.8 Å². The fraction of sp³-hybridized carbons (Fsp3) is 0.500. The smallest absolute Gasteiger partial charge is 0.246 e. The van der Waals surface area contributed by atoms with Crippen LogP contribution in [-0.2, 0) is 21.7 Å². The largest absolute Gasteiger partial charge is 0.409 e. The molecule has 1 rings (SSSR count). The molecule has 1 aromatic heterocycles. The molecule has 0 atom stereocenters. The number of aromatic nitrogens is 2. The highest BCUT2D eigenvalue weighted by Crippen LogP contribution is 2.20. The summed E-state index contributed by atoms with van der Waals surface area (Å²) in [6.45, 7) is 2.58. The van der Waals surface area contributed by atoms with E-state index in [2.05, 4.69) is 15.6 Å². The van der Waals surface area contributed by atoms with E-state index < -0.39 is 20.5 Å². The maximum absolute atomic E-state index is 12.1. The van der Waals surface area contributed by atoms with Crippen LogP contribution >= 0.6 is 0 Å². The first-order chi connectivity index (χ1) is 9.02. The third-order valence-corrected chi connectivity index (χ3v) is 5.07. The number of nitrogens with zero attached hydrogens (tertiary/aromatic N) is 3. The van der Waals surface area contributed by atoms with Gasteiger partial charge in [0.05, 0.1) is 11.8 Å². The van der Waals surface area contributed by atoms with Gasteiger partial charge in [0.15, 0.2) is 15.7 Å². The van der Waals surface area contributed by atoms with Crippen LogP contribution in [0.3, 0.4) is 0 Å². The van der Waals surface area contributed by atoms with Gasteiger partial charge in [-0.05, 0) is 13.8 Å². The van der Waals surface area contributed by atoms with Gasteiger partial charge in [0.25, 0.3) is 0 Å². The molecule has 10 heteroatoms. The number of hydrogen-bond acceptors (Lipinski definition) is 6. The Bertz CT molecular complexity index is 659. The number of anilines is 1. The van der Waals surface area contributed by atoms with E-state index in [-0.39, 0.29) is 17.2 Å². The molecule has 0 saturated heterocycles. The van der Waals surface area contributed by atoms with Crippen LogP contribution in [0.2, 0.25) is 0 Å². The number of carbonyl (C=O) groups excluding carboxylic acids is 1. The minimum atomic E-state index is -3.61. The number of sulfone groups is 1. The number of carbonyl (C=O) groups is 1. The maximum atomic E-state index is 12.1. The fourth-order valence-electron chi connectivity index (χ4n) is 1.25. The van der Waals surface area contributed by atoms with Crippen LogP contribution in [0.15, 0.2) is 11.4 Å². The Morgan fingerprint density at radius 2 is 2.10 bits per heavy atom. The summed E-state index contributed by atoms with van der Waals surface area (Å²) < 4.78 is 22.9. The van der Waals surface area contributed by atoms with Gasteiger partial charge in [0.1, 0.15) is 10.6 Å². The van der Waals surface area contributed by atoms with Crippen LogP contribution in [0.5, 0.6) is 0 Å². The molecule has 0 aliphatic rings. The van der Waals surface area contributed by atoms with E-state index in [0.29, 0.717) is 0 Å². The molecule has 1 heterocycles. The maximum Gasteiger partial charge on any atom is 0.246 e. The zero-order valence-corrected chi connectivity index (χ0v) is 12.4. The Labute approximate surface area is 116 Å². The number of aryl methyl sites for hydroxylation is 1. The number of amidine groups is 1. The van der Waals surface area contributed by atoms with Gasteiger partial charge in [-0.3, -0.25) is 9.48 Å². The van der Waals surface area contributed by atoms with Crippen molar-refractivity contribution in [3.8, 4) is 0 Å². The molecule has 0 saturated carbocycles. The summed E-state index contributed by atoms with van der Waals surface area (Å²) >= 11 is 0.